The maximum absolute atomic E-state index is 12.0. The van der Waals surface area contributed by atoms with Crippen LogP contribution in [0.5, 0.6) is 0 Å². The molecule has 3 atom stereocenters. The van der Waals surface area contributed by atoms with Gasteiger partial charge in [0.05, 0.1) is 18.8 Å². The molecule has 2 fully saturated rings. The molecule has 0 bridgehead atoms. The number of amides is 1. The fraction of sp³-hybridized carbons (Fsp3) is 0.433. The van der Waals surface area contributed by atoms with Crippen molar-refractivity contribution in [3.8, 4) is 0 Å². The van der Waals surface area contributed by atoms with Crippen molar-refractivity contribution in [2.24, 2.45) is 0 Å². The summed E-state index contributed by atoms with van der Waals surface area (Å²) in [6.45, 7) is 9.32. The van der Waals surface area contributed by atoms with Crippen LogP contribution in [0, 0.1) is 0 Å². The highest BCUT2D eigenvalue weighted by Crippen LogP contribution is 2.39. The van der Waals surface area contributed by atoms with Gasteiger partial charge in [-0.1, -0.05) is 68.0 Å². The fourth-order valence-electron chi connectivity index (χ4n) is 5.15. The van der Waals surface area contributed by atoms with Gasteiger partial charge in [-0.15, -0.1) is 6.58 Å². The molecule has 2 N–H and O–H groups in total. The Kier molecular flexibility index (Phi) is 9.91. The summed E-state index contributed by atoms with van der Waals surface area (Å²) in [5.74, 6) is 0. The first-order valence-electron chi connectivity index (χ1n) is 13.1. The van der Waals surface area contributed by atoms with E-state index in [2.05, 4.69) is 23.4 Å². The van der Waals surface area contributed by atoms with E-state index < -0.39 is 12.4 Å². The van der Waals surface area contributed by atoms with E-state index in [0.29, 0.717) is 11.7 Å². The van der Waals surface area contributed by atoms with Crippen LogP contribution in [-0.4, -0.2) is 47.9 Å². The summed E-state index contributed by atoms with van der Waals surface area (Å²) in [6, 6.07) is 15.9. The summed E-state index contributed by atoms with van der Waals surface area (Å²) >= 11 is 0. The van der Waals surface area contributed by atoms with Gasteiger partial charge in [-0.3, -0.25) is 10.2 Å². The van der Waals surface area contributed by atoms with Crippen molar-refractivity contribution in [1.82, 2.24) is 4.90 Å². The predicted octanol–water partition coefficient (Wildman–Crippen LogP) is 5.89. The van der Waals surface area contributed by atoms with Crippen molar-refractivity contribution in [2.75, 3.05) is 25.0 Å². The van der Waals surface area contributed by atoms with Crippen LogP contribution in [0.2, 0.25) is 0 Å². The van der Waals surface area contributed by atoms with Gasteiger partial charge in [0.2, 0.25) is 0 Å². The Bertz CT molecular complexity index is 1030. The molecule has 7 heteroatoms. The van der Waals surface area contributed by atoms with E-state index in [-0.39, 0.29) is 25.4 Å². The van der Waals surface area contributed by atoms with Gasteiger partial charge in [-0.05, 0) is 36.1 Å². The van der Waals surface area contributed by atoms with Crippen molar-refractivity contribution in [3.05, 3.63) is 90.5 Å². The highest BCUT2D eigenvalue weighted by Gasteiger charge is 2.34. The Labute approximate surface area is 219 Å². The molecule has 1 aliphatic carbocycles. The third kappa shape index (κ3) is 7.52. The van der Waals surface area contributed by atoms with Gasteiger partial charge < -0.3 is 19.3 Å². The molecule has 37 heavy (non-hydrogen) atoms. The summed E-state index contributed by atoms with van der Waals surface area (Å²) in [4.78, 5) is 14.5. The molecule has 1 saturated heterocycles. The zero-order valence-electron chi connectivity index (χ0n) is 21.4. The van der Waals surface area contributed by atoms with E-state index in [1.807, 2.05) is 48.5 Å². The molecule has 1 saturated carbocycles. The highest BCUT2D eigenvalue weighted by atomic mass is 16.7. The second kappa shape index (κ2) is 13.5. The molecule has 198 valence electrons. The van der Waals surface area contributed by atoms with Crippen molar-refractivity contribution >= 4 is 11.8 Å². The maximum Gasteiger partial charge on any atom is 0.411 e. The van der Waals surface area contributed by atoms with Crippen LogP contribution in [0.15, 0.2) is 73.8 Å². The number of carbonyl (C=O) groups is 1. The van der Waals surface area contributed by atoms with E-state index in [1.165, 1.54) is 31.8 Å². The molecule has 1 heterocycles. The SMILES string of the molecule is C=CCOC(=O)Nc1cccc([C@@H]2O[C@H](CN(CC=C)C3CCCC3)C[C@H](c3ccc(CO)cc3)O2)c1. The number of carbonyl (C=O) groups excluding carboxylic acids is 1. The quantitative estimate of drug-likeness (QED) is 0.370. The molecule has 4 rings (SSSR count). The van der Waals surface area contributed by atoms with Crippen LogP contribution in [0.3, 0.4) is 0 Å². The average molecular weight is 507 g/mol. The van der Waals surface area contributed by atoms with Crippen LogP contribution in [-0.2, 0) is 20.8 Å². The van der Waals surface area contributed by atoms with Crippen molar-refractivity contribution in [3.63, 3.8) is 0 Å². The maximum atomic E-state index is 12.0. The molecule has 1 amide bonds. The molecule has 0 unspecified atom stereocenters. The Hall–Kier alpha value is -2.97. The third-order valence-corrected chi connectivity index (χ3v) is 7.00. The lowest BCUT2D eigenvalue weighted by Gasteiger charge is -2.39. The zero-order chi connectivity index (χ0) is 26.0. The van der Waals surface area contributed by atoms with Gasteiger partial charge in [0.1, 0.15) is 6.61 Å². The van der Waals surface area contributed by atoms with Crippen molar-refractivity contribution in [2.45, 2.75) is 63.3 Å². The molecular weight excluding hydrogens is 468 g/mol. The highest BCUT2D eigenvalue weighted by molar-refractivity contribution is 5.84. The standard InChI is InChI=1S/C30H38N2O5/c1-3-16-32(26-10-5-6-11-26)20-27-19-28(23-14-12-22(21-33)13-15-23)37-29(36-27)24-8-7-9-25(18-24)31-30(34)35-17-4-2/h3-4,7-9,12-15,18,26-29,33H,1-2,5-6,10-11,16-17,19-21H2,(H,31,34)/t27-,28+,29+/m0/s1. The minimum absolute atomic E-state index is 0.00704. The summed E-state index contributed by atoms with van der Waals surface area (Å²) in [6.07, 6.45) is 7.83. The number of rotatable bonds is 11. The Morgan fingerprint density at radius 1 is 1.08 bits per heavy atom. The number of aliphatic hydroxyl groups excluding tert-OH is 1. The number of aliphatic hydroxyl groups is 1. The number of anilines is 1. The van der Waals surface area contributed by atoms with Gasteiger partial charge in [0.25, 0.3) is 0 Å². The monoisotopic (exact) mass is 506 g/mol. The van der Waals surface area contributed by atoms with Gasteiger partial charge in [0, 0.05) is 36.8 Å². The van der Waals surface area contributed by atoms with Crippen molar-refractivity contribution in [1.29, 1.82) is 0 Å². The van der Waals surface area contributed by atoms with E-state index in [1.54, 1.807) is 6.07 Å². The van der Waals surface area contributed by atoms with Crippen LogP contribution in [0.1, 0.15) is 61.2 Å². The van der Waals surface area contributed by atoms with Gasteiger partial charge in [0.15, 0.2) is 6.29 Å². The molecule has 0 radical (unpaired) electrons. The smallest absolute Gasteiger partial charge is 0.411 e. The molecule has 7 nitrogen and oxygen atoms in total. The molecule has 2 aromatic rings. The molecule has 0 aromatic heterocycles. The lowest BCUT2D eigenvalue weighted by Crippen LogP contribution is -2.43. The second-order valence-electron chi connectivity index (χ2n) is 9.67. The minimum atomic E-state index is -0.596. The summed E-state index contributed by atoms with van der Waals surface area (Å²) in [7, 11) is 0. The van der Waals surface area contributed by atoms with Gasteiger partial charge in [-0.2, -0.15) is 0 Å². The number of ether oxygens (including phenoxy) is 3. The van der Waals surface area contributed by atoms with Crippen molar-refractivity contribution < 1.29 is 24.1 Å². The number of nitrogens with one attached hydrogen (secondary N) is 1. The van der Waals surface area contributed by atoms with Gasteiger partial charge >= 0.3 is 6.09 Å². The Morgan fingerprint density at radius 2 is 1.86 bits per heavy atom. The van der Waals surface area contributed by atoms with E-state index in [0.717, 1.165) is 36.2 Å². The normalized spacial score (nSPS) is 22.1. The van der Waals surface area contributed by atoms with Crippen LogP contribution in [0.4, 0.5) is 10.5 Å². The number of hydrogen-bond donors (Lipinski definition) is 2. The van der Waals surface area contributed by atoms with Crippen LogP contribution < -0.4 is 5.32 Å². The van der Waals surface area contributed by atoms with Crippen LogP contribution >= 0.6 is 0 Å². The minimum Gasteiger partial charge on any atom is -0.445 e. The van der Waals surface area contributed by atoms with Gasteiger partial charge in [-0.25, -0.2) is 4.79 Å². The third-order valence-electron chi connectivity index (χ3n) is 7.00. The van der Waals surface area contributed by atoms with E-state index in [9.17, 15) is 9.90 Å². The summed E-state index contributed by atoms with van der Waals surface area (Å²) in [5.41, 5.74) is 3.33. The summed E-state index contributed by atoms with van der Waals surface area (Å²) < 4.78 is 18.1. The first-order chi connectivity index (χ1) is 18.1. The van der Waals surface area contributed by atoms with E-state index in [4.69, 9.17) is 14.2 Å². The molecule has 2 aliphatic rings. The lowest BCUT2D eigenvalue weighted by molar-refractivity contribution is -0.253. The predicted molar refractivity (Wildman–Crippen MR) is 144 cm³/mol. The lowest BCUT2D eigenvalue weighted by atomic mass is 9.99. The number of benzene rings is 2. The topological polar surface area (TPSA) is 80.3 Å². The van der Waals surface area contributed by atoms with Crippen LogP contribution in [0.25, 0.3) is 0 Å². The number of nitrogens with zero attached hydrogens (tertiary/aromatic N) is 1. The molecular formula is C30H38N2O5. The molecule has 2 aromatic carbocycles. The molecule has 1 aliphatic heterocycles. The molecule has 0 spiro atoms. The van der Waals surface area contributed by atoms with E-state index >= 15 is 0 Å². The summed E-state index contributed by atoms with van der Waals surface area (Å²) in [5, 5.41) is 12.2. The second-order valence-corrected chi connectivity index (χ2v) is 9.67. The first-order valence-corrected chi connectivity index (χ1v) is 13.1. The Morgan fingerprint density at radius 3 is 2.57 bits per heavy atom. The average Bonchev–Trinajstić information content (AvgIpc) is 3.47. The largest absolute Gasteiger partial charge is 0.445 e. The fourth-order valence-corrected chi connectivity index (χ4v) is 5.15. The first kappa shape index (κ1) is 27.1. The zero-order valence-corrected chi connectivity index (χ0v) is 21.4. The number of hydrogen-bond acceptors (Lipinski definition) is 6. The Balaban J connectivity index is 1.54.